The van der Waals surface area contributed by atoms with E-state index in [9.17, 15) is 15.0 Å². The van der Waals surface area contributed by atoms with Crippen molar-refractivity contribution in [2.45, 2.75) is 206 Å². The SMILES string of the molecule is CC/C=C\C/C=C\C/C=C\C/C=C\C/C=C\CCCCCCCCCCCCCC(=O)NC(CO)C(O)/C=C/CC/C=C/CCCCCCCCC. The van der Waals surface area contributed by atoms with Crippen LogP contribution in [0.15, 0.2) is 85.1 Å². The van der Waals surface area contributed by atoms with Gasteiger partial charge < -0.3 is 15.5 Å². The molecule has 0 aromatic rings. The van der Waals surface area contributed by atoms with Gasteiger partial charge in [-0.3, -0.25) is 4.79 Å². The molecule has 0 saturated heterocycles. The molecule has 0 aromatic heterocycles. The zero-order valence-electron chi connectivity index (χ0n) is 34.0. The lowest BCUT2D eigenvalue weighted by molar-refractivity contribution is -0.123. The Morgan fingerprint density at radius 3 is 1.35 bits per heavy atom. The van der Waals surface area contributed by atoms with Crippen molar-refractivity contribution < 1.29 is 15.0 Å². The van der Waals surface area contributed by atoms with Crippen LogP contribution in [0.3, 0.4) is 0 Å². The smallest absolute Gasteiger partial charge is 0.220 e. The molecule has 0 rings (SSSR count). The normalized spacial score (nSPS) is 13.8. The van der Waals surface area contributed by atoms with E-state index in [1.165, 1.54) is 109 Å². The second-order valence-corrected chi connectivity index (χ2v) is 14.4. The Morgan fingerprint density at radius 2 is 0.865 bits per heavy atom. The minimum Gasteiger partial charge on any atom is -0.394 e. The number of aliphatic hydroxyl groups is 2. The molecule has 0 saturated carbocycles. The molecule has 0 aliphatic heterocycles. The summed E-state index contributed by atoms with van der Waals surface area (Å²) in [5, 5.41) is 22.9. The summed E-state index contributed by atoms with van der Waals surface area (Å²) < 4.78 is 0. The van der Waals surface area contributed by atoms with Gasteiger partial charge in [-0.05, 0) is 77.0 Å². The van der Waals surface area contributed by atoms with Crippen molar-refractivity contribution in [2.75, 3.05) is 6.61 Å². The molecule has 0 fully saturated rings. The van der Waals surface area contributed by atoms with Crippen molar-refractivity contribution in [3.63, 3.8) is 0 Å². The predicted molar refractivity (Wildman–Crippen MR) is 230 cm³/mol. The molecule has 3 N–H and O–H groups in total. The molecule has 4 heteroatoms. The highest BCUT2D eigenvalue weighted by molar-refractivity contribution is 5.76. The molecule has 0 radical (unpaired) electrons. The highest BCUT2D eigenvalue weighted by Crippen LogP contribution is 2.13. The van der Waals surface area contributed by atoms with Crippen LogP contribution in [0, 0.1) is 0 Å². The molecular weight excluding hydrogens is 639 g/mol. The van der Waals surface area contributed by atoms with Crippen molar-refractivity contribution in [3.8, 4) is 0 Å². The number of carbonyl (C=O) groups is 1. The van der Waals surface area contributed by atoms with Crippen LogP contribution in [0.2, 0.25) is 0 Å². The van der Waals surface area contributed by atoms with E-state index in [-0.39, 0.29) is 12.5 Å². The first-order valence-electron chi connectivity index (χ1n) is 21.8. The molecule has 2 unspecified atom stereocenters. The molecule has 0 heterocycles. The summed E-state index contributed by atoms with van der Waals surface area (Å²) in [5.74, 6) is -0.0823. The third-order valence-electron chi connectivity index (χ3n) is 9.36. The fraction of sp³-hybridized carbons (Fsp3) is 0.688. The van der Waals surface area contributed by atoms with Gasteiger partial charge in [0.25, 0.3) is 0 Å². The predicted octanol–water partition coefficient (Wildman–Crippen LogP) is 13.7. The largest absolute Gasteiger partial charge is 0.394 e. The standard InChI is InChI=1S/C48H83NO3/c1-3-5-7-9-11-13-15-17-18-19-20-21-22-23-24-25-26-27-28-29-30-32-34-36-38-40-42-44-48(52)49-46(45-50)47(51)43-41-39-37-35-33-31-16-14-12-10-8-6-4-2/h5,7,11,13,17-18,20-21,23-24,33,35,41,43,46-47,50-51H,3-4,6,8-10,12,14-16,19,22,25-32,34,36-40,42,44-45H2,1-2H3,(H,49,52)/b7-5-,13-11-,18-17-,21-20-,24-23-,35-33+,43-41+. The first-order chi connectivity index (χ1) is 25.7. The summed E-state index contributed by atoms with van der Waals surface area (Å²) in [5.41, 5.74) is 0. The third kappa shape index (κ3) is 38.8. The van der Waals surface area contributed by atoms with Crippen molar-refractivity contribution in [1.82, 2.24) is 5.32 Å². The van der Waals surface area contributed by atoms with E-state index in [1.807, 2.05) is 6.08 Å². The Balaban J connectivity index is 3.61. The number of rotatable bonds is 38. The number of nitrogens with one attached hydrogen (secondary N) is 1. The summed E-state index contributed by atoms with van der Waals surface area (Å²) in [6, 6.07) is -0.644. The highest BCUT2D eigenvalue weighted by atomic mass is 16.3. The second kappa shape index (κ2) is 43.0. The molecule has 0 spiro atoms. The quantitative estimate of drug-likeness (QED) is 0.0439. The first kappa shape index (κ1) is 49.6. The van der Waals surface area contributed by atoms with E-state index in [2.05, 4.69) is 92.1 Å². The number of allylic oxidation sites excluding steroid dienone is 13. The Bertz CT molecular complexity index is 957. The number of carbonyl (C=O) groups excluding carboxylic acids is 1. The van der Waals surface area contributed by atoms with Gasteiger partial charge in [-0.15, -0.1) is 0 Å². The molecule has 2 atom stereocenters. The van der Waals surface area contributed by atoms with Gasteiger partial charge in [0.1, 0.15) is 0 Å². The summed E-state index contributed by atoms with van der Waals surface area (Å²) in [4.78, 5) is 12.4. The average molecular weight is 722 g/mol. The van der Waals surface area contributed by atoms with Crippen LogP contribution in [-0.4, -0.2) is 34.9 Å². The molecule has 52 heavy (non-hydrogen) atoms. The maximum absolute atomic E-state index is 12.4. The molecule has 0 aliphatic rings. The first-order valence-corrected chi connectivity index (χ1v) is 21.8. The van der Waals surface area contributed by atoms with Crippen LogP contribution in [0.5, 0.6) is 0 Å². The summed E-state index contributed by atoms with van der Waals surface area (Å²) in [6.07, 6.45) is 62.6. The van der Waals surface area contributed by atoms with Crippen LogP contribution >= 0.6 is 0 Å². The minimum absolute atomic E-state index is 0.0823. The summed E-state index contributed by atoms with van der Waals surface area (Å²) in [6.45, 7) is 4.16. The van der Waals surface area contributed by atoms with Crippen molar-refractivity contribution in [3.05, 3.63) is 85.1 Å². The number of amides is 1. The molecule has 298 valence electrons. The molecule has 4 nitrogen and oxygen atoms in total. The zero-order valence-corrected chi connectivity index (χ0v) is 34.0. The van der Waals surface area contributed by atoms with E-state index >= 15 is 0 Å². The number of aliphatic hydroxyl groups excluding tert-OH is 2. The van der Waals surface area contributed by atoms with Crippen LogP contribution < -0.4 is 5.32 Å². The van der Waals surface area contributed by atoms with Gasteiger partial charge in [0.15, 0.2) is 0 Å². The number of hydrogen-bond donors (Lipinski definition) is 3. The van der Waals surface area contributed by atoms with Gasteiger partial charge in [-0.2, -0.15) is 0 Å². The Kier molecular flexibility index (Phi) is 41.0. The van der Waals surface area contributed by atoms with E-state index in [1.54, 1.807) is 6.08 Å². The van der Waals surface area contributed by atoms with Crippen LogP contribution in [0.25, 0.3) is 0 Å². The van der Waals surface area contributed by atoms with Crippen molar-refractivity contribution >= 4 is 5.91 Å². The maximum atomic E-state index is 12.4. The lowest BCUT2D eigenvalue weighted by Crippen LogP contribution is -2.45. The maximum Gasteiger partial charge on any atom is 0.220 e. The Labute approximate surface area is 322 Å². The molecular formula is C48H83NO3. The van der Waals surface area contributed by atoms with E-state index in [4.69, 9.17) is 0 Å². The van der Waals surface area contributed by atoms with E-state index < -0.39 is 12.1 Å². The number of unbranched alkanes of at least 4 members (excludes halogenated alkanes) is 19. The van der Waals surface area contributed by atoms with Gasteiger partial charge in [-0.1, -0.05) is 195 Å². The molecule has 0 aliphatic carbocycles. The van der Waals surface area contributed by atoms with Crippen LogP contribution in [0.1, 0.15) is 194 Å². The van der Waals surface area contributed by atoms with E-state index in [0.29, 0.717) is 6.42 Å². The third-order valence-corrected chi connectivity index (χ3v) is 9.36. The monoisotopic (exact) mass is 722 g/mol. The fourth-order valence-electron chi connectivity index (χ4n) is 6.04. The van der Waals surface area contributed by atoms with Crippen molar-refractivity contribution in [2.24, 2.45) is 0 Å². The Morgan fingerprint density at radius 1 is 0.481 bits per heavy atom. The second-order valence-electron chi connectivity index (χ2n) is 14.4. The number of hydrogen-bond acceptors (Lipinski definition) is 3. The van der Waals surface area contributed by atoms with Gasteiger partial charge in [0, 0.05) is 6.42 Å². The van der Waals surface area contributed by atoms with Crippen LogP contribution in [0.4, 0.5) is 0 Å². The zero-order chi connectivity index (χ0) is 37.8. The minimum atomic E-state index is -0.866. The van der Waals surface area contributed by atoms with Gasteiger partial charge in [0.05, 0.1) is 18.8 Å². The molecule has 0 aromatic carbocycles. The fourth-order valence-corrected chi connectivity index (χ4v) is 6.04. The van der Waals surface area contributed by atoms with Gasteiger partial charge in [0.2, 0.25) is 5.91 Å². The topological polar surface area (TPSA) is 69.6 Å². The average Bonchev–Trinajstić information content (AvgIpc) is 3.15. The summed E-state index contributed by atoms with van der Waals surface area (Å²) >= 11 is 0. The van der Waals surface area contributed by atoms with Crippen molar-refractivity contribution in [1.29, 1.82) is 0 Å². The lowest BCUT2D eigenvalue weighted by atomic mass is 10.0. The summed E-state index contributed by atoms with van der Waals surface area (Å²) in [7, 11) is 0. The van der Waals surface area contributed by atoms with Crippen LogP contribution in [-0.2, 0) is 4.79 Å². The molecule has 0 bridgehead atoms. The van der Waals surface area contributed by atoms with Gasteiger partial charge >= 0.3 is 0 Å². The lowest BCUT2D eigenvalue weighted by Gasteiger charge is -2.19. The van der Waals surface area contributed by atoms with Gasteiger partial charge in [-0.25, -0.2) is 0 Å². The highest BCUT2D eigenvalue weighted by Gasteiger charge is 2.17. The van der Waals surface area contributed by atoms with E-state index in [0.717, 1.165) is 64.2 Å². The Hall–Kier alpha value is -2.43. The molecule has 1 amide bonds.